The Bertz CT molecular complexity index is 2830. The number of carbonyl (C=O) groups excluding carboxylic acids is 2. The fourth-order valence-electron chi connectivity index (χ4n) is 9.94. The first-order valence-electron chi connectivity index (χ1n) is 24.8. The number of ether oxygens (including phenoxy) is 2. The lowest BCUT2D eigenvalue weighted by atomic mass is 9.95. The van der Waals surface area contributed by atoms with E-state index in [0.717, 1.165) is 76.5 Å². The van der Waals surface area contributed by atoms with Crippen LogP contribution in [-0.2, 0) is 9.47 Å². The van der Waals surface area contributed by atoms with Gasteiger partial charge in [0.1, 0.15) is 11.4 Å². The zero-order chi connectivity index (χ0) is 48.1. The summed E-state index contributed by atoms with van der Waals surface area (Å²) in [7, 11) is 0. The summed E-state index contributed by atoms with van der Waals surface area (Å²) in [6, 6.07) is 29.2. The Balaban J connectivity index is 0.000000141. The summed E-state index contributed by atoms with van der Waals surface area (Å²) in [5.74, 6) is 0.163. The van der Waals surface area contributed by atoms with Gasteiger partial charge in [-0.3, -0.25) is 9.97 Å². The molecule has 0 spiro atoms. The third kappa shape index (κ3) is 11.8. The average molecular weight is 933 g/mol. The number of aromatic carboxylic acids is 1. The van der Waals surface area contributed by atoms with Crippen molar-refractivity contribution in [2.24, 2.45) is 0 Å². The number of esters is 2. The quantitative estimate of drug-likeness (QED) is 0.0823. The molecular weight excluding hydrogens is 869 g/mol. The van der Waals surface area contributed by atoms with Gasteiger partial charge in [-0.1, -0.05) is 69.9 Å². The summed E-state index contributed by atoms with van der Waals surface area (Å²) >= 11 is 0. The van der Waals surface area contributed by atoms with E-state index in [1.165, 1.54) is 70.6 Å². The van der Waals surface area contributed by atoms with Gasteiger partial charge in [0.05, 0.1) is 63.3 Å². The van der Waals surface area contributed by atoms with Crippen molar-refractivity contribution in [3.8, 4) is 23.0 Å². The Labute approximate surface area is 403 Å². The predicted octanol–water partition coefficient (Wildman–Crippen LogP) is 12.3. The van der Waals surface area contributed by atoms with Crippen LogP contribution in [0.1, 0.15) is 153 Å². The zero-order valence-electron chi connectivity index (χ0n) is 39.8. The molecule has 3 fully saturated rings. The van der Waals surface area contributed by atoms with Gasteiger partial charge in [0, 0.05) is 30.5 Å². The fraction of sp³-hybridized carbons (Fsp3) is 0.400. The second-order valence-electron chi connectivity index (χ2n) is 18.1. The van der Waals surface area contributed by atoms with E-state index in [1.54, 1.807) is 43.6 Å². The molecular formula is C55H64N8O6. The van der Waals surface area contributed by atoms with E-state index < -0.39 is 5.97 Å². The van der Waals surface area contributed by atoms with Gasteiger partial charge in [-0.25, -0.2) is 24.4 Å². The molecule has 0 saturated heterocycles. The standard InChI is InChI=1S/C21H23N3O2.C19H19N3O2.C15H22N2O2/c1-2-26-21(25)15-11-12-19-18(14-15)23-20(17-10-6-7-13-22-17)24(19)16-8-4-3-5-9-16;23-19(24)13-9-10-17-16(12-13)21-18(15-8-4-5-11-20-15)22(17)14-6-2-1-3-7-14;1-2-19-15(18)11-8-9-14(13(16)10-11)17-12-6-4-3-5-7-12/h6-7,10-14,16H,2-5,8-9H2,1H3;4-5,8-12,14H,1-3,6-7H2,(H,23,24);8-10,12,17H,2-7,16H2,1H3. The van der Waals surface area contributed by atoms with Crippen molar-refractivity contribution in [2.45, 2.75) is 128 Å². The number of carboxylic acids is 1. The number of anilines is 2. The molecule has 4 aromatic heterocycles. The van der Waals surface area contributed by atoms with E-state index in [1.807, 2.05) is 73.7 Å². The van der Waals surface area contributed by atoms with Gasteiger partial charge in [-0.05, 0) is 131 Å². The number of carbonyl (C=O) groups is 3. The summed E-state index contributed by atoms with van der Waals surface area (Å²) in [5.41, 5.74) is 14.1. The van der Waals surface area contributed by atoms with E-state index in [9.17, 15) is 19.5 Å². The van der Waals surface area contributed by atoms with Crippen LogP contribution in [0.3, 0.4) is 0 Å². The number of nitrogens with zero attached hydrogens (tertiary/aromatic N) is 6. The summed E-state index contributed by atoms with van der Waals surface area (Å²) in [5, 5.41) is 12.7. The summed E-state index contributed by atoms with van der Waals surface area (Å²) < 4.78 is 14.7. The maximum Gasteiger partial charge on any atom is 0.338 e. The Morgan fingerprint density at radius 3 is 1.49 bits per heavy atom. The van der Waals surface area contributed by atoms with E-state index in [4.69, 9.17) is 25.2 Å². The topological polar surface area (TPSA) is 189 Å². The largest absolute Gasteiger partial charge is 0.478 e. The first-order chi connectivity index (χ1) is 33.7. The monoisotopic (exact) mass is 932 g/mol. The summed E-state index contributed by atoms with van der Waals surface area (Å²) in [4.78, 5) is 53.5. The van der Waals surface area contributed by atoms with Gasteiger partial charge in [-0.15, -0.1) is 0 Å². The van der Waals surface area contributed by atoms with Crippen LogP contribution in [0.5, 0.6) is 0 Å². The summed E-state index contributed by atoms with van der Waals surface area (Å²) in [6.45, 7) is 4.35. The molecule has 0 amide bonds. The Hall–Kier alpha value is -7.09. The SMILES string of the molecule is CCOC(=O)c1ccc(NC2CCCCC2)c(N)c1.CCOC(=O)c1ccc2c(c1)nc(-c1ccccn1)n2C1CCCCC1.O=C(O)c1ccc2c(c1)nc(-c1ccccn1)n2C1CCCCC1. The highest BCUT2D eigenvalue weighted by molar-refractivity contribution is 5.95. The molecule has 3 aliphatic carbocycles. The van der Waals surface area contributed by atoms with Crippen LogP contribution in [0.2, 0.25) is 0 Å². The van der Waals surface area contributed by atoms with Crippen molar-refractivity contribution in [3.05, 3.63) is 120 Å². The van der Waals surface area contributed by atoms with Gasteiger partial charge < -0.3 is 34.8 Å². The van der Waals surface area contributed by atoms with Gasteiger partial charge in [-0.2, -0.15) is 0 Å². The van der Waals surface area contributed by atoms with Crippen LogP contribution in [0.4, 0.5) is 11.4 Å². The minimum atomic E-state index is -0.927. The highest BCUT2D eigenvalue weighted by Gasteiger charge is 2.25. The first-order valence-corrected chi connectivity index (χ1v) is 24.8. The van der Waals surface area contributed by atoms with E-state index in [-0.39, 0.29) is 17.5 Å². The number of nitrogen functional groups attached to an aromatic ring is 1. The maximum absolute atomic E-state index is 12.1. The number of hydrogen-bond acceptors (Lipinski definition) is 11. The number of benzene rings is 3. The van der Waals surface area contributed by atoms with Gasteiger partial charge in [0.2, 0.25) is 0 Å². The molecule has 0 aliphatic heterocycles. The molecule has 0 unspecified atom stereocenters. The molecule has 360 valence electrons. The minimum Gasteiger partial charge on any atom is -0.478 e. The van der Waals surface area contributed by atoms with Crippen LogP contribution < -0.4 is 11.1 Å². The van der Waals surface area contributed by atoms with Crippen LogP contribution in [0, 0.1) is 0 Å². The van der Waals surface area contributed by atoms with Crippen molar-refractivity contribution < 1.29 is 29.0 Å². The number of carboxylic acid groups (broad SMARTS) is 1. The van der Waals surface area contributed by atoms with Crippen molar-refractivity contribution >= 4 is 51.3 Å². The number of fused-ring (bicyclic) bond motifs is 2. The van der Waals surface area contributed by atoms with Gasteiger partial charge in [0.15, 0.2) is 11.6 Å². The molecule has 3 saturated carbocycles. The van der Waals surface area contributed by atoms with Crippen molar-refractivity contribution in [1.82, 2.24) is 29.1 Å². The molecule has 3 aromatic carbocycles. The second-order valence-corrected chi connectivity index (χ2v) is 18.1. The smallest absolute Gasteiger partial charge is 0.338 e. The third-order valence-corrected chi connectivity index (χ3v) is 13.3. The lowest BCUT2D eigenvalue weighted by molar-refractivity contribution is 0.0517. The van der Waals surface area contributed by atoms with Crippen LogP contribution in [0.15, 0.2) is 103 Å². The lowest BCUT2D eigenvalue weighted by Gasteiger charge is -2.25. The Kier molecular flexibility index (Phi) is 16.3. The first kappa shape index (κ1) is 48.4. The highest BCUT2D eigenvalue weighted by Crippen LogP contribution is 2.37. The Morgan fingerprint density at radius 1 is 0.594 bits per heavy atom. The van der Waals surface area contributed by atoms with E-state index in [2.05, 4.69) is 24.4 Å². The number of imidazole rings is 2. The normalized spacial score (nSPS) is 15.6. The van der Waals surface area contributed by atoms with Crippen molar-refractivity contribution in [2.75, 3.05) is 24.3 Å². The van der Waals surface area contributed by atoms with Crippen LogP contribution in [-0.4, -0.2) is 71.3 Å². The predicted molar refractivity (Wildman–Crippen MR) is 270 cm³/mol. The molecule has 0 radical (unpaired) electrons. The highest BCUT2D eigenvalue weighted by atomic mass is 16.5. The molecule has 14 heteroatoms. The third-order valence-electron chi connectivity index (χ3n) is 13.3. The summed E-state index contributed by atoms with van der Waals surface area (Å²) in [6.07, 6.45) is 21.9. The molecule has 0 bridgehead atoms. The van der Waals surface area contributed by atoms with Crippen molar-refractivity contribution in [3.63, 3.8) is 0 Å². The molecule has 69 heavy (non-hydrogen) atoms. The molecule has 0 atom stereocenters. The van der Waals surface area contributed by atoms with E-state index >= 15 is 0 Å². The number of nitrogens with two attached hydrogens (primary N) is 1. The van der Waals surface area contributed by atoms with Crippen LogP contribution >= 0.6 is 0 Å². The van der Waals surface area contributed by atoms with Crippen molar-refractivity contribution in [1.29, 1.82) is 0 Å². The molecule has 10 rings (SSSR count). The second kappa shape index (κ2) is 23.3. The minimum absolute atomic E-state index is 0.267. The number of rotatable bonds is 11. The maximum atomic E-state index is 12.1. The molecule has 4 N–H and O–H groups in total. The van der Waals surface area contributed by atoms with Gasteiger partial charge >= 0.3 is 17.9 Å². The molecule has 14 nitrogen and oxygen atoms in total. The molecule has 3 aliphatic rings. The zero-order valence-corrected chi connectivity index (χ0v) is 39.8. The fourth-order valence-corrected chi connectivity index (χ4v) is 9.94. The lowest BCUT2D eigenvalue weighted by Crippen LogP contribution is -2.22. The van der Waals surface area contributed by atoms with E-state index in [0.29, 0.717) is 48.2 Å². The van der Waals surface area contributed by atoms with Crippen LogP contribution in [0.25, 0.3) is 45.1 Å². The number of nitrogens with one attached hydrogen (secondary N) is 1. The molecule has 7 aromatic rings. The van der Waals surface area contributed by atoms with Gasteiger partial charge in [0.25, 0.3) is 0 Å². The number of pyridine rings is 2. The molecule has 4 heterocycles. The Morgan fingerprint density at radius 2 is 1.04 bits per heavy atom. The number of hydrogen-bond donors (Lipinski definition) is 3. The average Bonchev–Trinajstić information content (AvgIpc) is 3.98. The number of aromatic nitrogens is 6.